The van der Waals surface area contributed by atoms with Crippen LogP contribution in [0.5, 0.6) is 5.75 Å². The first kappa shape index (κ1) is 14.7. The van der Waals surface area contributed by atoms with Crippen LogP contribution in [0.15, 0.2) is 42.5 Å². The van der Waals surface area contributed by atoms with Gasteiger partial charge >= 0.3 is 0 Å². The van der Waals surface area contributed by atoms with E-state index in [1.54, 1.807) is 0 Å². The van der Waals surface area contributed by atoms with Crippen molar-refractivity contribution in [1.29, 1.82) is 0 Å². The highest BCUT2D eigenvalue weighted by molar-refractivity contribution is 6.31. The molecule has 0 aliphatic rings. The molecule has 0 aliphatic carbocycles. The van der Waals surface area contributed by atoms with Gasteiger partial charge in [-0.2, -0.15) is 0 Å². The van der Waals surface area contributed by atoms with Gasteiger partial charge in [0.15, 0.2) is 0 Å². The monoisotopic (exact) mass is 289 g/mol. The predicted octanol–water partition coefficient (Wildman–Crippen LogP) is 5.05. The van der Waals surface area contributed by atoms with E-state index in [2.05, 4.69) is 24.4 Å². The molecule has 0 fully saturated rings. The average Bonchev–Trinajstić information content (AvgIpc) is 2.47. The minimum absolute atomic E-state index is 0.763. The number of aryl methyl sites for hydroxylation is 1. The van der Waals surface area contributed by atoms with Crippen molar-refractivity contribution in [1.82, 2.24) is 0 Å². The smallest absolute Gasteiger partial charge is 0.119 e. The Kier molecular flexibility index (Phi) is 5.31. The largest absolute Gasteiger partial charge is 0.494 e. The molecule has 2 aromatic carbocycles. The van der Waals surface area contributed by atoms with Gasteiger partial charge in [0.1, 0.15) is 5.75 Å². The number of hydrogen-bond donors (Lipinski definition) is 1. The molecule has 2 aromatic rings. The fraction of sp³-hybridized carbons (Fsp3) is 0.294. The SMILES string of the molecule is CCCOc1ccc(CNc2ccc(C)c(Cl)c2)cc1. The van der Waals surface area contributed by atoms with Gasteiger partial charge in [0, 0.05) is 17.3 Å². The molecule has 2 rings (SSSR count). The topological polar surface area (TPSA) is 21.3 Å². The lowest BCUT2D eigenvalue weighted by molar-refractivity contribution is 0.317. The summed E-state index contributed by atoms with van der Waals surface area (Å²) >= 11 is 6.11. The number of rotatable bonds is 6. The van der Waals surface area contributed by atoms with E-state index in [-0.39, 0.29) is 0 Å². The summed E-state index contributed by atoms with van der Waals surface area (Å²) in [6.07, 6.45) is 1.03. The van der Waals surface area contributed by atoms with Crippen LogP contribution in [-0.4, -0.2) is 6.61 Å². The van der Waals surface area contributed by atoms with E-state index in [1.807, 2.05) is 37.3 Å². The Balaban J connectivity index is 1.91. The average molecular weight is 290 g/mol. The maximum absolute atomic E-state index is 6.11. The van der Waals surface area contributed by atoms with Crippen LogP contribution in [0, 0.1) is 6.92 Å². The molecule has 0 heterocycles. The molecule has 106 valence electrons. The number of nitrogens with one attached hydrogen (secondary N) is 1. The summed E-state index contributed by atoms with van der Waals surface area (Å²) in [5.74, 6) is 0.925. The summed E-state index contributed by atoms with van der Waals surface area (Å²) in [6.45, 7) is 5.64. The van der Waals surface area contributed by atoms with Crippen molar-refractivity contribution in [2.45, 2.75) is 26.8 Å². The molecule has 0 saturated heterocycles. The second-order valence-electron chi connectivity index (χ2n) is 4.81. The van der Waals surface area contributed by atoms with Gasteiger partial charge in [0.25, 0.3) is 0 Å². The van der Waals surface area contributed by atoms with Crippen LogP contribution in [0.3, 0.4) is 0 Å². The van der Waals surface area contributed by atoms with Crippen molar-refractivity contribution in [3.05, 3.63) is 58.6 Å². The van der Waals surface area contributed by atoms with Gasteiger partial charge in [0.05, 0.1) is 6.61 Å². The van der Waals surface area contributed by atoms with E-state index < -0.39 is 0 Å². The quantitative estimate of drug-likeness (QED) is 0.803. The Morgan fingerprint density at radius 1 is 1.10 bits per heavy atom. The summed E-state index contributed by atoms with van der Waals surface area (Å²) in [6, 6.07) is 14.2. The molecule has 2 nitrogen and oxygen atoms in total. The summed E-state index contributed by atoms with van der Waals surface area (Å²) < 4.78 is 5.56. The third-order valence-corrected chi connectivity index (χ3v) is 3.47. The molecule has 0 radical (unpaired) electrons. The highest BCUT2D eigenvalue weighted by atomic mass is 35.5. The van der Waals surface area contributed by atoms with Gasteiger partial charge in [-0.15, -0.1) is 0 Å². The summed E-state index contributed by atoms with van der Waals surface area (Å²) in [5.41, 5.74) is 3.34. The molecule has 0 unspecified atom stereocenters. The molecule has 3 heteroatoms. The fourth-order valence-electron chi connectivity index (χ4n) is 1.83. The molecule has 0 bridgehead atoms. The maximum Gasteiger partial charge on any atom is 0.119 e. The molecular formula is C17H20ClNO. The van der Waals surface area contributed by atoms with E-state index in [0.29, 0.717) is 0 Å². The van der Waals surface area contributed by atoms with Crippen LogP contribution in [0.2, 0.25) is 5.02 Å². The highest BCUT2D eigenvalue weighted by Crippen LogP contribution is 2.21. The minimum atomic E-state index is 0.763. The van der Waals surface area contributed by atoms with Crippen molar-refractivity contribution >= 4 is 17.3 Å². The molecule has 0 saturated carbocycles. The first-order valence-electron chi connectivity index (χ1n) is 6.91. The number of anilines is 1. The number of hydrogen-bond acceptors (Lipinski definition) is 2. The van der Waals surface area contributed by atoms with Crippen molar-refractivity contribution in [2.75, 3.05) is 11.9 Å². The van der Waals surface area contributed by atoms with Gasteiger partial charge in [-0.05, 0) is 48.7 Å². The van der Waals surface area contributed by atoms with E-state index in [0.717, 1.165) is 41.6 Å². The zero-order valence-corrected chi connectivity index (χ0v) is 12.7. The Morgan fingerprint density at radius 3 is 2.50 bits per heavy atom. The van der Waals surface area contributed by atoms with Crippen LogP contribution in [-0.2, 0) is 6.54 Å². The van der Waals surface area contributed by atoms with Crippen LogP contribution in [0.25, 0.3) is 0 Å². The Bertz CT molecular complexity index is 551. The third kappa shape index (κ3) is 4.17. The lowest BCUT2D eigenvalue weighted by atomic mass is 10.2. The van der Waals surface area contributed by atoms with Crippen molar-refractivity contribution < 1.29 is 4.74 Å². The first-order valence-corrected chi connectivity index (χ1v) is 7.28. The van der Waals surface area contributed by atoms with Gasteiger partial charge in [-0.1, -0.05) is 36.7 Å². The lowest BCUT2D eigenvalue weighted by Gasteiger charge is -2.09. The van der Waals surface area contributed by atoms with Crippen LogP contribution >= 0.6 is 11.6 Å². The molecule has 0 amide bonds. The molecule has 0 spiro atoms. The van der Waals surface area contributed by atoms with Crippen LogP contribution in [0.4, 0.5) is 5.69 Å². The van der Waals surface area contributed by atoms with Crippen LogP contribution in [0.1, 0.15) is 24.5 Å². The van der Waals surface area contributed by atoms with Crippen molar-refractivity contribution in [3.63, 3.8) is 0 Å². The van der Waals surface area contributed by atoms with E-state index in [1.165, 1.54) is 5.56 Å². The molecule has 0 atom stereocenters. The van der Waals surface area contributed by atoms with Gasteiger partial charge in [-0.3, -0.25) is 0 Å². The first-order chi connectivity index (χ1) is 9.69. The van der Waals surface area contributed by atoms with Crippen molar-refractivity contribution in [2.24, 2.45) is 0 Å². The zero-order chi connectivity index (χ0) is 14.4. The van der Waals surface area contributed by atoms with E-state index >= 15 is 0 Å². The van der Waals surface area contributed by atoms with Crippen LogP contribution < -0.4 is 10.1 Å². The van der Waals surface area contributed by atoms with E-state index in [4.69, 9.17) is 16.3 Å². The third-order valence-electron chi connectivity index (χ3n) is 3.06. The zero-order valence-electron chi connectivity index (χ0n) is 11.9. The second-order valence-corrected chi connectivity index (χ2v) is 5.22. The van der Waals surface area contributed by atoms with Gasteiger partial charge in [-0.25, -0.2) is 0 Å². The number of halogens is 1. The summed E-state index contributed by atoms with van der Waals surface area (Å²) in [5, 5.41) is 4.16. The molecular weight excluding hydrogens is 270 g/mol. The highest BCUT2D eigenvalue weighted by Gasteiger charge is 1.99. The maximum atomic E-state index is 6.11. The van der Waals surface area contributed by atoms with Gasteiger partial charge in [0.2, 0.25) is 0 Å². The fourth-order valence-corrected chi connectivity index (χ4v) is 2.01. The molecule has 20 heavy (non-hydrogen) atoms. The predicted molar refractivity (Wildman–Crippen MR) is 85.7 cm³/mol. The summed E-state index contributed by atoms with van der Waals surface area (Å²) in [4.78, 5) is 0. The Morgan fingerprint density at radius 2 is 1.85 bits per heavy atom. The minimum Gasteiger partial charge on any atom is -0.494 e. The van der Waals surface area contributed by atoms with E-state index in [9.17, 15) is 0 Å². The molecule has 0 aliphatic heterocycles. The standard InChI is InChI=1S/C17H20ClNO/c1-3-10-20-16-8-5-14(6-9-16)12-19-15-7-4-13(2)17(18)11-15/h4-9,11,19H,3,10,12H2,1-2H3. The second kappa shape index (κ2) is 7.20. The Hall–Kier alpha value is -1.67. The molecule has 1 N–H and O–H groups in total. The number of benzene rings is 2. The normalized spacial score (nSPS) is 10.3. The van der Waals surface area contributed by atoms with Crippen molar-refractivity contribution in [3.8, 4) is 5.75 Å². The summed E-state index contributed by atoms with van der Waals surface area (Å²) in [7, 11) is 0. The molecule has 0 aromatic heterocycles. The lowest BCUT2D eigenvalue weighted by Crippen LogP contribution is -2.00. The number of ether oxygens (including phenoxy) is 1. The van der Waals surface area contributed by atoms with Gasteiger partial charge < -0.3 is 10.1 Å². The Labute approximate surface area is 125 Å².